The third kappa shape index (κ3) is 5.52. The van der Waals surface area contributed by atoms with E-state index in [0.29, 0.717) is 0 Å². The standard InChI is InChI=1S/C29H30N4O2S/c1-19-7-14-25(17-20(19)2)30-28-32(27(18-36-28)23-10-15-26(16-11-23)33(34)35)31-21(3)22-8-12-24(13-9-22)29(4,5)6/h7-18H,1-6H3. The zero-order valence-electron chi connectivity index (χ0n) is 21.4. The third-order valence-electron chi connectivity index (χ3n) is 6.19. The molecule has 7 heteroatoms. The number of nitro groups is 1. The molecule has 0 unspecified atom stereocenters. The summed E-state index contributed by atoms with van der Waals surface area (Å²) in [4.78, 5) is 16.3. The van der Waals surface area contributed by atoms with Crippen LogP contribution >= 0.6 is 11.3 Å². The van der Waals surface area contributed by atoms with Gasteiger partial charge < -0.3 is 0 Å². The molecule has 0 N–H and O–H groups in total. The van der Waals surface area contributed by atoms with Crippen LogP contribution in [0.2, 0.25) is 0 Å². The number of hydrogen-bond donors (Lipinski definition) is 0. The Labute approximate surface area is 215 Å². The summed E-state index contributed by atoms with van der Waals surface area (Å²) in [6.07, 6.45) is 0. The topological polar surface area (TPSA) is 72.8 Å². The number of aromatic nitrogens is 1. The molecule has 3 aromatic carbocycles. The fraction of sp³-hybridized carbons (Fsp3) is 0.241. The van der Waals surface area contributed by atoms with E-state index in [-0.39, 0.29) is 11.1 Å². The van der Waals surface area contributed by atoms with E-state index in [1.165, 1.54) is 40.2 Å². The average molecular weight is 499 g/mol. The van der Waals surface area contributed by atoms with Gasteiger partial charge in [-0.15, -0.1) is 11.3 Å². The van der Waals surface area contributed by atoms with Gasteiger partial charge in [0.1, 0.15) is 0 Å². The number of nitro benzene ring substituents is 1. The van der Waals surface area contributed by atoms with E-state index in [0.717, 1.165) is 33.0 Å². The molecule has 0 saturated heterocycles. The van der Waals surface area contributed by atoms with Crippen LogP contribution < -0.4 is 4.80 Å². The van der Waals surface area contributed by atoms with Crippen LogP contribution in [0.15, 0.2) is 82.2 Å². The summed E-state index contributed by atoms with van der Waals surface area (Å²) in [7, 11) is 0. The van der Waals surface area contributed by atoms with Gasteiger partial charge in [0.05, 0.1) is 22.0 Å². The summed E-state index contributed by atoms with van der Waals surface area (Å²) in [5.74, 6) is 0. The number of aryl methyl sites for hydroxylation is 2. The molecule has 0 amide bonds. The van der Waals surface area contributed by atoms with Gasteiger partial charge in [-0.3, -0.25) is 10.1 Å². The van der Waals surface area contributed by atoms with Gasteiger partial charge >= 0.3 is 0 Å². The maximum absolute atomic E-state index is 11.1. The van der Waals surface area contributed by atoms with Crippen molar-refractivity contribution in [3.05, 3.63) is 109 Å². The molecule has 0 radical (unpaired) electrons. The summed E-state index contributed by atoms with van der Waals surface area (Å²) in [5.41, 5.74) is 8.16. The predicted molar refractivity (Wildman–Crippen MR) is 148 cm³/mol. The molecule has 36 heavy (non-hydrogen) atoms. The van der Waals surface area contributed by atoms with Crippen molar-refractivity contribution < 1.29 is 4.92 Å². The molecular weight excluding hydrogens is 468 g/mol. The molecule has 0 aliphatic heterocycles. The Hall–Kier alpha value is -3.84. The van der Waals surface area contributed by atoms with E-state index in [1.54, 1.807) is 12.1 Å². The third-order valence-corrected chi connectivity index (χ3v) is 7.01. The zero-order chi connectivity index (χ0) is 26.0. The van der Waals surface area contributed by atoms with Crippen molar-refractivity contribution in [1.29, 1.82) is 0 Å². The smallest absolute Gasteiger partial charge is 0.258 e. The van der Waals surface area contributed by atoms with E-state index >= 15 is 0 Å². The summed E-state index contributed by atoms with van der Waals surface area (Å²) in [5, 5.41) is 18.1. The van der Waals surface area contributed by atoms with Crippen molar-refractivity contribution in [3.63, 3.8) is 0 Å². The van der Waals surface area contributed by atoms with Gasteiger partial charge in [-0.1, -0.05) is 51.1 Å². The fourth-order valence-electron chi connectivity index (χ4n) is 3.75. The quantitative estimate of drug-likeness (QED) is 0.162. The summed E-state index contributed by atoms with van der Waals surface area (Å²) in [6.45, 7) is 12.7. The first-order valence-electron chi connectivity index (χ1n) is 11.8. The number of nitrogens with zero attached hydrogens (tertiary/aromatic N) is 4. The zero-order valence-corrected chi connectivity index (χ0v) is 22.3. The van der Waals surface area contributed by atoms with Crippen molar-refractivity contribution in [3.8, 4) is 11.3 Å². The fourth-order valence-corrected chi connectivity index (χ4v) is 4.60. The largest absolute Gasteiger partial charge is 0.269 e. The van der Waals surface area contributed by atoms with Crippen molar-refractivity contribution >= 4 is 28.4 Å². The van der Waals surface area contributed by atoms with Crippen LogP contribution in [-0.4, -0.2) is 15.3 Å². The Kier molecular flexibility index (Phi) is 7.04. The summed E-state index contributed by atoms with van der Waals surface area (Å²) >= 11 is 1.48. The number of rotatable bonds is 5. The number of thiazole rings is 1. The highest BCUT2D eigenvalue weighted by Crippen LogP contribution is 2.25. The van der Waals surface area contributed by atoms with Crippen LogP contribution in [0, 0.1) is 24.0 Å². The number of hydrogen-bond acceptors (Lipinski definition) is 5. The maximum atomic E-state index is 11.1. The minimum absolute atomic E-state index is 0.0548. The molecule has 0 saturated carbocycles. The highest BCUT2D eigenvalue weighted by molar-refractivity contribution is 7.07. The Balaban J connectivity index is 1.84. The average Bonchev–Trinajstić information content (AvgIpc) is 3.22. The van der Waals surface area contributed by atoms with Gasteiger partial charge in [0.25, 0.3) is 5.69 Å². The molecule has 1 aromatic heterocycles. The van der Waals surface area contributed by atoms with E-state index in [9.17, 15) is 10.1 Å². The van der Waals surface area contributed by atoms with Crippen LogP contribution in [0.3, 0.4) is 0 Å². The normalized spacial score (nSPS) is 12.7. The Morgan fingerprint density at radius 3 is 2.19 bits per heavy atom. The lowest BCUT2D eigenvalue weighted by molar-refractivity contribution is -0.384. The van der Waals surface area contributed by atoms with Crippen LogP contribution in [0.25, 0.3) is 11.3 Å². The minimum Gasteiger partial charge on any atom is -0.258 e. The summed E-state index contributed by atoms with van der Waals surface area (Å²) in [6, 6.07) is 21.1. The van der Waals surface area contributed by atoms with Crippen molar-refractivity contribution in [2.24, 2.45) is 10.1 Å². The van der Waals surface area contributed by atoms with Gasteiger partial charge in [-0.25, -0.2) is 9.67 Å². The van der Waals surface area contributed by atoms with Crippen molar-refractivity contribution in [2.75, 3.05) is 0 Å². The van der Waals surface area contributed by atoms with Gasteiger partial charge in [-0.2, -0.15) is 5.10 Å². The lowest BCUT2D eigenvalue weighted by Crippen LogP contribution is -2.14. The van der Waals surface area contributed by atoms with E-state index in [2.05, 4.69) is 71.0 Å². The van der Waals surface area contributed by atoms with Crippen LogP contribution in [-0.2, 0) is 5.41 Å². The molecule has 0 aliphatic carbocycles. The monoisotopic (exact) mass is 498 g/mol. The second-order valence-electron chi connectivity index (χ2n) is 9.91. The molecule has 0 spiro atoms. The van der Waals surface area contributed by atoms with Gasteiger partial charge in [0.2, 0.25) is 4.80 Å². The lowest BCUT2D eigenvalue weighted by atomic mass is 9.86. The SMILES string of the molecule is CC(=Nn1c(-c2ccc([N+](=O)[O-])cc2)csc1=Nc1ccc(C)c(C)c1)c1ccc(C(C)(C)C)cc1. The lowest BCUT2D eigenvalue weighted by Gasteiger charge is -2.19. The molecule has 6 nitrogen and oxygen atoms in total. The van der Waals surface area contributed by atoms with Gasteiger partial charge in [0.15, 0.2) is 0 Å². The highest BCUT2D eigenvalue weighted by Gasteiger charge is 2.14. The predicted octanol–water partition coefficient (Wildman–Crippen LogP) is 7.54. The molecule has 184 valence electrons. The van der Waals surface area contributed by atoms with E-state index < -0.39 is 4.92 Å². The Bertz CT molecular complexity index is 1500. The number of non-ortho nitro benzene ring substituents is 1. The molecular formula is C29H30N4O2S. The molecule has 0 fully saturated rings. The van der Waals surface area contributed by atoms with Gasteiger partial charge in [-0.05, 0) is 72.7 Å². The number of benzene rings is 3. The second kappa shape index (κ2) is 10.0. The van der Waals surface area contributed by atoms with Crippen LogP contribution in [0.5, 0.6) is 0 Å². The first-order valence-corrected chi connectivity index (χ1v) is 12.6. The van der Waals surface area contributed by atoms with Crippen molar-refractivity contribution in [2.45, 2.75) is 47.0 Å². The second-order valence-corrected chi connectivity index (χ2v) is 10.7. The van der Waals surface area contributed by atoms with Crippen LogP contribution in [0.4, 0.5) is 11.4 Å². The molecule has 1 heterocycles. The maximum Gasteiger partial charge on any atom is 0.269 e. The van der Waals surface area contributed by atoms with Crippen LogP contribution in [0.1, 0.15) is 49.9 Å². The molecule has 0 bridgehead atoms. The highest BCUT2D eigenvalue weighted by atomic mass is 32.1. The molecule has 4 aromatic rings. The van der Waals surface area contributed by atoms with E-state index in [4.69, 9.17) is 10.1 Å². The molecule has 0 aliphatic rings. The first kappa shape index (κ1) is 25.3. The molecule has 0 atom stereocenters. The Morgan fingerprint density at radius 2 is 1.61 bits per heavy atom. The Morgan fingerprint density at radius 1 is 0.944 bits per heavy atom. The minimum atomic E-state index is -0.393. The van der Waals surface area contributed by atoms with Crippen molar-refractivity contribution in [1.82, 2.24) is 4.68 Å². The first-order chi connectivity index (χ1) is 17.0. The summed E-state index contributed by atoms with van der Waals surface area (Å²) < 4.78 is 1.83. The van der Waals surface area contributed by atoms with Gasteiger partial charge in [0, 0.05) is 23.1 Å². The van der Waals surface area contributed by atoms with E-state index in [1.807, 2.05) is 23.0 Å². The molecule has 4 rings (SSSR count).